The lowest BCUT2D eigenvalue weighted by Gasteiger charge is -2.25. The molecule has 0 aromatic heterocycles. The fourth-order valence-electron chi connectivity index (χ4n) is 3.54. The summed E-state index contributed by atoms with van der Waals surface area (Å²) >= 11 is 0. The molecule has 0 radical (unpaired) electrons. The number of nitrogens with zero attached hydrogens (tertiary/aromatic N) is 1. The molecule has 198 valence electrons. The fraction of sp³-hybridized carbons (Fsp3) is 0.296. The van der Waals surface area contributed by atoms with Gasteiger partial charge in [0, 0.05) is 5.69 Å². The third-order valence-electron chi connectivity index (χ3n) is 5.51. The lowest BCUT2D eigenvalue weighted by atomic mass is 9.87. The number of anilines is 2. The second-order valence-corrected chi connectivity index (χ2v) is 11.2. The summed E-state index contributed by atoms with van der Waals surface area (Å²) in [5, 5.41) is 2.59. The van der Waals surface area contributed by atoms with Gasteiger partial charge in [-0.2, -0.15) is 13.2 Å². The van der Waals surface area contributed by atoms with Crippen molar-refractivity contribution in [3.05, 3.63) is 83.9 Å². The van der Waals surface area contributed by atoms with Crippen LogP contribution < -0.4 is 14.4 Å². The molecule has 0 heterocycles. The highest BCUT2D eigenvalue weighted by atomic mass is 32.2. The molecule has 1 N–H and O–H groups in total. The van der Waals surface area contributed by atoms with Crippen LogP contribution in [-0.4, -0.2) is 27.5 Å². The summed E-state index contributed by atoms with van der Waals surface area (Å²) in [7, 11) is -4.39. The van der Waals surface area contributed by atoms with Gasteiger partial charge >= 0.3 is 6.18 Å². The highest BCUT2D eigenvalue weighted by molar-refractivity contribution is 7.92. The molecule has 0 aliphatic carbocycles. The Morgan fingerprint density at radius 1 is 0.919 bits per heavy atom. The van der Waals surface area contributed by atoms with Gasteiger partial charge in [-0.15, -0.1) is 0 Å². The standard InChI is InChI=1S/C27H29F3N2O4S/c1-5-36-23-13-11-21(12-14-23)31-25(33)18-32(22-8-6-7-20(17-22)27(28,29)30)37(34,35)24-15-9-19(10-16-24)26(2,3)4/h6-17H,5,18H2,1-4H3,(H,31,33). The Balaban J connectivity index is 1.97. The average molecular weight is 535 g/mol. The molecule has 6 nitrogen and oxygen atoms in total. The molecular formula is C27H29F3N2O4S. The minimum Gasteiger partial charge on any atom is -0.494 e. The van der Waals surface area contributed by atoms with E-state index in [1.165, 1.54) is 18.2 Å². The number of benzene rings is 3. The van der Waals surface area contributed by atoms with Crippen LogP contribution in [0.4, 0.5) is 24.5 Å². The van der Waals surface area contributed by atoms with Crippen LogP contribution in [-0.2, 0) is 26.4 Å². The van der Waals surface area contributed by atoms with Crippen LogP contribution in [0.25, 0.3) is 0 Å². The number of ether oxygens (including phenoxy) is 1. The zero-order valence-corrected chi connectivity index (χ0v) is 21.8. The molecule has 37 heavy (non-hydrogen) atoms. The number of hydrogen-bond acceptors (Lipinski definition) is 4. The monoisotopic (exact) mass is 534 g/mol. The molecule has 0 saturated carbocycles. The molecule has 10 heteroatoms. The highest BCUT2D eigenvalue weighted by Crippen LogP contribution is 2.33. The van der Waals surface area contributed by atoms with Gasteiger partial charge in [0.25, 0.3) is 10.0 Å². The first-order chi connectivity index (χ1) is 17.2. The molecule has 0 spiro atoms. The van der Waals surface area contributed by atoms with Crippen molar-refractivity contribution >= 4 is 27.3 Å². The van der Waals surface area contributed by atoms with Gasteiger partial charge in [-0.05, 0) is 72.5 Å². The molecular weight excluding hydrogens is 505 g/mol. The van der Waals surface area contributed by atoms with E-state index in [0.29, 0.717) is 28.4 Å². The normalized spacial score (nSPS) is 12.2. The zero-order valence-electron chi connectivity index (χ0n) is 21.0. The number of carbonyl (C=O) groups excluding carboxylic acids is 1. The van der Waals surface area contributed by atoms with Gasteiger partial charge in [-0.1, -0.05) is 39.0 Å². The predicted octanol–water partition coefficient (Wildman–Crippen LogP) is 6.24. The summed E-state index contributed by atoms with van der Waals surface area (Å²) < 4.78 is 73.4. The van der Waals surface area contributed by atoms with E-state index in [1.54, 1.807) is 36.4 Å². The molecule has 3 aromatic carbocycles. The number of carbonyl (C=O) groups is 1. The Labute approximate surface area is 215 Å². The van der Waals surface area contributed by atoms with Crippen molar-refractivity contribution in [1.82, 2.24) is 0 Å². The van der Waals surface area contributed by atoms with Gasteiger partial charge in [-0.3, -0.25) is 9.10 Å². The van der Waals surface area contributed by atoms with Crippen molar-refractivity contribution in [3.8, 4) is 5.75 Å². The maximum Gasteiger partial charge on any atom is 0.416 e. The number of hydrogen-bond donors (Lipinski definition) is 1. The molecule has 0 aliphatic rings. The topological polar surface area (TPSA) is 75.7 Å². The van der Waals surface area contributed by atoms with Gasteiger partial charge in [0.2, 0.25) is 5.91 Å². The van der Waals surface area contributed by atoms with E-state index in [0.717, 1.165) is 17.7 Å². The summed E-state index contributed by atoms with van der Waals surface area (Å²) in [5.41, 5.74) is -0.285. The lowest BCUT2D eigenvalue weighted by Crippen LogP contribution is -2.38. The van der Waals surface area contributed by atoms with E-state index in [-0.39, 0.29) is 16.0 Å². The summed E-state index contributed by atoms with van der Waals surface area (Å²) in [6.45, 7) is 7.46. The lowest BCUT2D eigenvalue weighted by molar-refractivity contribution is -0.137. The molecule has 0 unspecified atom stereocenters. The largest absolute Gasteiger partial charge is 0.494 e. The fourth-order valence-corrected chi connectivity index (χ4v) is 4.95. The minimum absolute atomic E-state index is 0.147. The van der Waals surface area contributed by atoms with E-state index < -0.39 is 34.2 Å². The van der Waals surface area contributed by atoms with Gasteiger partial charge < -0.3 is 10.1 Å². The molecule has 0 aliphatic heterocycles. The van der Waals surface area contributed by atoms with Crippen molar-refractivity contribution in [1.29, 1.82) is 0 Å². The first-order valence-corrected chi connectivity index (χ1v) is 13.0. The molecule has 0 bridgehead atoms. The summed E-state index contributed by atoms with van der Waals surface area (Å²) in [5.74, 6) is -0.135. The Kier molecular flexibility index (Phi) is 8.22. The molecule has 0 fully saturated rings. The first kappa shape index (κ1) is 28.0. The number of alkyl halides is 3. The maximum absolute atomic E-state index is 13.6. The van der Waals surface area contributed by atoms with Crippen molar-refractivity contribution < 1.29 is 31.1 Å². The van der Waals surface area contributed by atoms with Crippen LogP contribution in [0.2, 0.25) is 0 Å². The van der Waals surface area contributed by atoms with Crippen molar-refractivity contribution in [2.45, 2.75) is 44.2 Å². The number of nitrogens with one attached hydrogen (secondary N) is 1. The van der Waals surface area contributed by atoms with Crippen LogP contribution in [0.5, 0.6) is 5.75 Å². The van der Waals surface area contributed by atoms with Crippen molar-refractivity contribution in [2.24, 2.45) is 0 Å². The maximum atomic E-state index is 13.6. The Bertz CT molecular complexity index is 1330. The number of halogens is 3. The second-order valence-electron chi connectivity index (χ2n) is 9.34. The van der Waals surface area contributed by atoms with Gasteiger partial charge in [0.15, 0.2) is 0 Å². The minimum atomic E-state index is -4.69. The smallest absolute Gasteiger partial charge is 0.416 e. The molecule has 3 rings (SSSR count). The van der Waals surface area contributed by atoms with Crippen LogP contribution >= 0.6 is 0 Å². The average Bonchev–Trinajstić information content (AvgIpc) is 2.83. The second kappa shape index (κ2) is 10.8. The number of rotatable bonds is 8. The Hall–Kier alpha value is -3.53. The summed E-state index contributed by atoms with van der Waals surface area (Å²) in [6.07, 6.45) is -4.69. The van der Waals surface area contributed by atoms with Crippen molar-refractivity contribution in [2.75, 3.05) is 22.8 Å². The molecule has 3 aromatic rings. The third kappa shape index (κ3) is 7.03. The molecule has 0 saturated heterocycles. The van der Waals surface area contributed by atoms with E-state index >= 15 is 0 Å². The quantitative estimate of drug-likeness (QED) is 0.372. The molecule has 1 amide bonds. The zero-order chi connectivity index (χ0) is 27.4. The van der Waals surface area contributed by atoms with Crippen LogP contribution in [0.1, 0.15) is 38.8 Å². The molecule has 0 atom stereocenters. The summed E-state index contributed by atoms with van der Waals surface area (Å²) in [6, 6.07) is 16.4. The first-order valence-electron chi connectivity index (χ1n) is 11.5. The van der Waals surface area contributed by atoms with E-state index in [4.69, 9.17) is 4.74 Å². The van der Waals surface area contributed by atoms with Gasteiger partial charge in [0.1, 0.15) is 12.3 Å². The number of sulfonamides is 1. The van der Waals surface area contributed by atoms with E-state index in [1.807, 2.05) is 27.7 Å². The van der Waals surface area contributed by atoms with E-state index in [9.17, 15) is 26.4 Å². The number of amides is 1. The predicted molar refractivity (Wildman–Crippen MR) is 137 cm³/mol. The van der Waals surface area contributed by atoms with Gasteiger partial charge in [-0.25, -0.2) is 8.42 Å². The van der Waals surface area contributed by atoms with E-state index in [2.05, 4.69) is 5.32 Å². The summed E-state index contributed by atoms with van der Waals surface area (Å²) in [4.78, 5) is 12.7. The third-order valence-corrected chi connectivity index (χ3v) is 7.29. The van der Waals surface area contributed by atoms with Crippen LogP contribution in [0.3, 0.4) is 0 Å². The SMILES string of the molecule is CCOc1ccc(NC(=O)CN(c2cccc(C(F)(F)F)c2)S(=O)(=O)c2ccc(C(C)(C)C)cc2)cc1. The van der Waals surface area contributed by atoms with Crippen LogP contribution in [0.15, 0.2) is 77.7 Å². The van der Waals surface area contributed by atoms with Gasteiger partial charge in [0.05, 0.1) is 22.8 Å². The Morgan fingerprint density at radius 2 is 1.54 bits per heavy atom. The Morgan fingerprint density at radius 3 is 2.08 bits per heavy atom. The highest BCUT2D eigenvalue weighted by Gasteiger charge is 2.33. The van der Waals surface area contributed by atoms with Crippen molar-refractivity contribution in [3.63, 3.8) is 0 Å². The van der Waals surface area contributed by atoms with Crippen LogP contribution in [0, 0.1) is 0 Å².